The van der Waals surface area contributed by atoms with E-state index in [1.54, 1.807) is 24.3 Å². The third-order valence-corrected chi connectivity index (χ3v) is 14.0. The number of Topliss-reactive ketones (excluding diaryl/α,β-unsaturated/α-hetero) is 1. The van der Waals surface area contributed by atoms with Gasteiger partial charge in [-0.05, 0) is 151 Å². The van der Waals surface area contributed by atoms with Crippen LogP contribution >= 0.6 is 0 Å². The number of aromatic nitrogens is 1. The number of carbonyl (C=O) groups excluding carboxylic acids is 1. The Hall–Kier alpha value is -6.11. The van der Waals surface area contributed by atoms with Crippen LogP contribution in [-0.2, 0) is 30.5 Å². The zero-order valence-corrected chi connectivity index (χ0v) is 34.9. The Morgan fingerprint density at radius 1 is 0.968 bits per heavy atom. The van der Waals surface area contributed by atoms with Gasteiger partial charge < -0.3 is 55.7 Å². The second kappa shape index (κ2) is 17.0. The number of allylic oxidation sites excluding steroid dienone is 2. The number of phenolic OH excluding ortho intramolecular Hbond substituents is 4. The zero-order chi connectivity index (χ0) is 43.1. The summed E-state index contributed by atoms with van der Waals surface area (Å²) in [5.74, 6) is -1.33. The first-order valence-corrected chi connectivity index (χ1v) is 21.8. The number of anilines is 1. The summed E-state index contributed by atoms with van der Waals surface area (Å²) in [6.45, 7) is 0.964. The average molecular weight is 842 g/mol. The number of benzene rings is 4. The number of fused-ring (bicyclic) bond motifs is 6. The largest absolute Gasteiger partial charge is 0.508 e. The second-order valence-corrected chi connectivity index (χ2v) is 17.5. The van der Waals surface area contributed by atoms with Crippen LogP contribution in [0.3, 0.4) is 0 Å². The highest BCUT2D eigenvalue weighted by Gasteiger charge is 2.58. The number of H-pyrrole nitrogens is 1. The summed E-state index contributed by atoms with van der Waals surface area (Å²) in [5, 5.41) is 76.7. The van der Waals surface area contributed by atoms with Crippen molar-refractivity contribution in [3.63, 3.8) is 0 Å². The number of rotatable bonds is 8. The first-order chi connectivity index (χ1) is 30.0. The number of dihydropyridines is 1. The van der Waals surface area contributed by atoms with Crippen molar-refractivity contribution in [1.82, 2.24) is 10.3 Å². The number of carbonyl (C=O) groups is 1. The Bertz CT molecular complexity index is 2550. The molecule has 1 spiro atoms. The van der Waals surface area contributed by atoms with Crippen molar-refractivity contribution >= 4 is 22.2 Å². The van der Waals surface area contributed by atoms with Gasteiger partial charge in [0.2, 0.25) is 5.75 Å². The minimum absolute atomic E-state index is 0.0129. The van der Waals surface area contributed by atoms with Crippen LogP contribution in [0.25, 0.3) is 10.8 Å². The molecule has 4 aromatic carbocycles. The lowest BCUT2D eigenvalue weighted by Gasteiger charge is -2.46. The number of aliphatic hydroxyl groups is 2. The van der Waals surface area contributed by atoms with Gasteiger partial charge >= 0.3 is 0 Å². The lowest BCUT2D eigenvalue weighted by Crippen LogP contribution is -2.50. The number of hydrogen-bond acceptors (Lipinski definition) is 11. The molecule has 0 unspecified atom stereocenters. The number of methoxy groups -OCH3 is 1. The van der Waals surface area contributed by atoms with Crippen LogP contribution in [0.4, 0.5) is 5.69 Å². The number of phenols is 4. The molecule has 0 saturated heterocycles. The van der Waals surface area contributed by atoms with Gasteiger partial charge in [0.05, 0.1) is 31.8 Å². The Balaban J connectivity index is 1.21. The van der Waals surface area contributed by atoms with Gasteiger partial charge in [0, 0.05) is 47.4 Å². The molecule has 1 fully saturated rings. The van der Waals surface area contributed by atoms with Crippen LogP contribution in [0.15, 0.2) is 96.5 Å². The van der Waals surface area contributed by atoms with Crippen molar-refractivity contribution in [1.29, 1.82) is 0 Å². The van der Waals surface area contributed by atoms with Crippen LogP contribution in [0.2, 0.25) is 0 Å². The molecule has 62 heavy (non-hydrogen) atoms. The molecule has 3 aliphatic heterocycles. The molecule has 1 aliphatic carbocycles. The molecule has 12 nitrogen and oxygen atoms in total. The molecule has 2 bridgehead atoms. The zero-order valence-electron chi connectivity index (χ0n) is 34.9. The summed E-state index contributed by atoms with van der Waals surface area (Å²) in [4.78, 5) is 19.2. The molecule has 4 aliphatic rings. The van der Waals surface area contributed by atoms with Crippen LogP contribution in [-0.4, -0.2) is 73.9 Å². The number of aryl methyl sites for hydroxylation is 2. The molecule has 6 atom stereocenters. The van der Waals surface area contributed by atoms with Gasteiger partial charge in [-0.1, -0.05) is 24.3 Å². The minimum atomic E-state index is -1.14. The molecule has 5 aromatic rings. The van der Waals surface area contributed by atoms with E-state index in [4.69, 9.17) is 9.47 Å². The third-order valence-electron chi connectivity index (χ3n) is 14.0. The van der Waals surface area contributed by atoms with Crippen LogP contribution in [0.1, 0.15) is 72.4 Å². The van der Waals surface area contributed by atoms with Crippen molar-refractivity contribution in [3.8, 4) is 34.5 Å². The fourth-order valence-corrected chi connectivity index (χ4v) is 11.1. The van der Waals surface area contributed by atoms with E-state index in [1.165, 1.54) is 13.2 Å². The van der Waals surface area contributed by atoms with E-state index in [-0.39, 0.29) is 41.6 Å². The van der Waals surface area contributed by atoms with Gasteiger partial charge in [0.15, 0.2) is 23.0 Å². The molecule has 0 radical (unpaired) electrons. The van der Waals surface area contributed by atoms with Crippen LogP contribution in [0, 0.1) is 17.3 Å². The Kier molecular flexibility index (Phi) is 11.3. The van der Waals surface area contributed by atoms with E-state index < -0.39 is 41.1 Å². The Morgan fingerprint density at radius 3 is 2.66 bits per heavy atom. The summed E-state index contributed by atoms with van der Waals surface area (Å²) in [7, 11) is 1.41. The van der Waals surface area contributed by atoms with E-state index in [9.17, 15) is 30.6 Å². The van der Waals surface area contributed by atoms with Crippen molar-refractivity contribution < 1.29 is 44.9 Å². The molecular weight excluding hydrogens is 787 g/mol. The number of ketones is 1. The van der Waals surface area contributed by atoms with E-state index in [1.807, 2.05) is 48.7 Å². The first kappa shape index (κ1) is 41.3. The highest BCUT2D eigenvalue weighted by molar-refractivity contribution is 5.91. The minimum Gasteiger partial charge on any atom is -0.508 e. The molecule has 9 N–H and O–H groups in total. The average Bonchev–Trinajstić information content (AvgIpc) is 3.91. The number of ether oxygens (including phenoxy) is 2. The van der Waals surface area contributed by atoms with Crippen molar-refractivity contribution in [2.24, 2.45) is 17.3 Å². The molecule has 12 heteroatoms. The van der Waals surface area contributed by atoms with E-state index >= 15 is 4.79 Å². The Morgan fingerprint density at radius 2 is 1.84 bits per heavy atom. The smallest absolute Gasteiger partial charge is 0.200 e. The maximum absolute atomic E-state index is 15.9. The first-order valence-electron chi connectivity index (χ1n) is 21.8. The fourth-order valence-electron chi connectivity index (χ4n) is 11.1. The lowest BCUT2D eigenvalue weighted by atomic mass is 9.57. The Labute approximate surface area is 360 Å². The standard InChI is InChI=1S/C50H55N3O9/c1-61-45-25-31(24-44(59)48(45)60)29-6-11-37-35-12-10-34(54)22-30(35)7-13-39(37)53-46-26-32(17-20-52-46)50(18-16-40(55)38(50)27-33-4-2-19-51-33)47(43(58)23-29)41(56)14-8-28-9-15-42(57)49-36(28)5-3-21-62-49/h2,4,7,9-10,12-13,15,17,19,22,24-26,29,38,40-41,47,51-57,59-60H,3,5-6,8,11,14,16,18,20-21,23,27H2,1H3/t29-,38+,40+,41+,47-,50-/m0/s1. The molecule has 1 saturated carbocycles. The molecule has 324 valence electrons. The predicted octanol–water partition coefficient (Wildman–Crippen LogP) is 7.41. The fraction of sp³-hybridized carbons (Fsp3) is 0.380. The van der Waals surface area contributed by atoms with Gasteiger partial charge in [-0.15, -0.1) is 0 Å². The highest BCUT2D eigenvalue weighted by Crippen LogP contribution is 2.58. The van der Waals surface area contributed by atoms with E-state index in [0.717, 1.165) is 63.1 Å². The molecule has 9 rings (SSSR count). The van der Waals surface area contributed by atoms with E-state index in [2.05, 4.69) is 21.7 Å². The molecule has 4 heterocycles. The maximum atomic E-state index is 15.9. The summed E-state index contributed by atoms with van der Waals surface area (Å²) in [6.07, 6.45) is 8.54. The highest BCUT2D eigenvalue weighted by atomic mass is 16.5. The number of aromatic amines is 1. The third kappa shape index (κ3) is 7.59. The molecule has 1 aromatic heterocycles. The van der Waals surface area contributed by atoms with Gasteiger partial charge in [-0.3, -0.25) is 4.79 Å². The second-order valence-electron chi connectivity index (χ2n) is 17.5. The number of aliphatic hydroxyl groups excluding tert-OH is 2. The number of aromatic hydroxyl groups is 4. The quantitative estimate of drug-likeness (QED) is 0.0706. The summed E-state index contributed by atoms with van der Waals surface area (Å²) < 4.78 is 11.4. The molecule has 0 amide bonds. The summed E-state index contributed by atoms with van der Waals surface area (Å²) >= 11 is 0. The van der Waals surface area contributed by atoms with Crippen molar-refractivity contribution in [2.45, 2.75) is 82.3 Å². The van der Waals surface area contributed by atoms with Gasteiger partial charge in [-0.25, -0.2) is 0 Å². The normalized spacial score (nSPS) is 24.2. The summed E-state index contributed by atoms with van der Waals surface area (Å²) in [6, 6.07) is 19.8. The topological polar surface area (TPSA) is 197 Å². The molecular formula is C50H55N3O9. The maximum Gasteiger partial charge on any atom is 0.200 e. The number of nitrogens with one attached hydrogen (secondary N) is 3. The van der Waals surface area contributed by atoms with Crippen molar-refractivity contribution in [2.75, 3.05) is 25.6 Å². The number of hydrogen-bond donors (Lipinski definition) is 9. The predicted molar refractivity (Wildman–Crippen MR) is 236 cm³/mol. The van der Waals surface area contributed by atoms with Gasteiger partial charge in [0.1, 0.15) is 17.4 Å². The van der Waals surface area contributed by atoms with Crippen LogP contribution < -0.4 is 20.1 Å². The summed E-state index contributed by atoms with van der Waals surface area (Å²) in [5.41, 5.74) is 5.07. The monoisotopic (exact) mass is 841 g/mol. The SMILES string of the molecule is COc1cc([C@H]2CCc3c(ccc4cc(O)ccc34)NC3=CC(=CCN3)[C@]3(CC[C@@H](O)[C@H]3Cc3ccc[nH]3)[C@@H]([C@H](O)CCc3ccc(O)c4c3CCCO4)C(=O)C2)cc(O)c1O. The van der Waals surface area contributed by atoms with E-state index in [0.29, 0.717) is 63.0 Å². The van der Waals surface area contributed by atoms with Crippen LogP contribution in [0.5, 0.6) is 34.5 Å². The van der Waals surface area contributed by atoms with Gasteiger partial charge in [-0.2, -0.15) is 0 Å². The van der Waals surface area contributed by atoms with Crippen molar-refractivity contribution in [3.05, 3.63) is 124 Å². The van der Waals surface area contributed by atoms with Gasteiger partial charge in [0.25, 0.3) is 0 Å². The lowest BCUT2D eigenvalue weighted by molar-refractivity contribution is -0.134.